The van der Waals surface area contributed by atoms with Gasteiger partial charge in [-0.15, -0.1) is 0 Å². The number of anilines is 1. The molecule has 1 aliphatic rings. The van der Waals surface area contributed by atoms with Crippen LogP contribution in [-0.2, 0) is 14.8 Å². The number of hydrogen-bond donors (Lipinski definition) is 2. The Labute approximate surface area is 151 Å². The Kier molecular flexibility index (Phi) is 6.98. The molecule has 1 aliphatic heterocycles. The second-order valence-corrected chi connectivity index (χ2v) is 8.58. The molecule has 1 aromatic rings. The normalized spacial score (nSPS) is 21.3. The van der Waals surface area contributed by atoms with E-state index in [9.17, 15) is 13.2 Å². The molecule has 1 saturated heterocycles. The molecule has 0 aromatic heterocycles. The van der Waals surface area contributed by atoms with Gasteiger partial charge in [-0.25, -0.2) is 8.42 Å². The molecule has 7 heteroatoms. The van der Waals surface area contributed by atoms with Gasteiger partial charge < -0.3 is 10.2 Å². The zero-order valence-corrected chi connectivity index (χ0v) is 16.2. The van der Waals surface area contributed by atoms with E-state index in [1.165, 1.54) is 28.5 Å². The van der Waals surface area contributed by atoms with Crippen molar-refractivity contribution in [3.05, 3.63) is 24.3 Å². The van der Waals surface area contributed by atoms with Crippen LogP contribution in [0.3, 0.4) is 0 Å². The molecule has 1 heterocycles. The molecule has 0 saturated carbocycles. The maximum atomic E-state index is 12.5. The highest BCUT2D eigenvalue weighted by Crippen LogP contribution is 2.18. The van der Waals surface area contributed by atoms with E-state index in [-0.39, 0.29) is 10.8 Å². The number of hydrogen-bond acceptors (Lipinski definition) is 3. The van der Waals surface area contributed by atoms with Crippen molar-refractivity contribution in [2.75, 3.05) is 31.5 Å². The Hall–Kier alpha value is -1.44. The van der Waals surface area contributed by atoms with Gasteiger partial charge in [-0.05, 0) is 50.5 Å². The van der Waals surface area contributed by atoms with E-state index in [1.807, 2.05) is 13.8 Å². The Morgan fingerprint density at radius 1 is 1.20 bits per heavy atom. The maximum absolute atomic E-state index is 12.5. The smallest absolute Gasteiger partial charge is 0.279 e. The van der Waals surface area contributed by atoms with Gasteiger partial charge in [0.2, 0.25) is 10.0 Å². The van der Waals surface area contributed by atoms with Crippen LogP contribution in [0.4, 0.5) is 5.69 Å². The Morgan fingerprint density at radius 2 is 1.84 bits per heavy atom. The van der Waals surface area contributed by atoms with Crippen molar-refractivity contribution < 1.29 is 18.1 Å². The summed E-state index contributed by atoms with van der Waals surface area (Å²) < 4.78 is 26.3. The van der Waals surface area contributed by atoms with Crippen molar-refractivity contribution in [3.63, 3.8) is 0 Å². The molecule has 0 radical (unpaired) electrons. The average Bonchev–Trinajstić information content (AvgIpc) is 2.58. The van der Waals surface area contributed by atoms with Gasteiger partial charge in [0.1, 0.15) is 0 Å². The number of sulfonamides is 1. The Balaban J connectivity index is 1.99. The van der Waals surface area contributed by atoms with Crippen LogP contribution in [0.15, 0.2) is 29.2 Å². The van der Waals surface area contributed by atoms with Crippen molar-refractivity contribution in [2.24, 2.45) is 0 Å². The number of rotatable bonds is 7. The second-order valence-electron chi connectivity index (χ2n) is 6.64. The largest absolute Gasteiger partial charge is 0.325 e. The minimum absolute atomic E-state index is 0.0249. The number of benzene rings is 1. The number of amides is 1. The summed E-state index contributed by atoms with van der Waals surface area (Å²) in [4.78, 5) is 13.8. The van der Waals surface area contributed by atoms with Crippen LogP contribution < -0.4 is 10.2 Å². The molecule has 6 nitrogen and oxygen atoms in total. The van der Waals surface area contributed by atoms with Crippen LogP contribution in [0, 0.1) is 0 Å². The molecule has 0 aliphatic carbocycles. The molecule has 2 N–H and O–H groups in total. The van der Waals surface area contributed by atoms with E-state index >= 15 is 0 Å². The molecular weight excluding hydrogens is 338 g/mol. The van der Waals surface area contributed by atoms with Crippen LogP contribution in [0.2, 0.25) is 0 Å². The first-order chi connectivity index (χ1) is 11.9. The lowest BCUT2D eigenvalue weighted by Gasteiger charge is -2.29. The van der Waals surface area contributed by atoms with Crippen LogP contribution in [-0.4, -0.2) is 50.9 Å². The molecule has 1 aromatic carbocycles. The summed E-state index contributed by atoms with van der Waals surface area (Å²) in [7, 11) is -3.46. The van der Waals surface area contributed by atoms with Gasteiger partial charge in [0.05, 0.1) is 17.5 Å². The van der Waals surface area contributed by atoms with Crippen LogP contribution in [0.1, 0.15) is 40.0 Å². The first-order valence-electron chi connectivity index (χ1n) is 9.13. The van der Waals surface area contributed by atoms with Crippen molar-refractivity contribution in [3.8, 4) is 0 Å². The molecule has 2 atom stereocenters. The number of nitrogens with one attached hydrogen (secondary N) is 2. The van der Waals surface area contributed by atoms with E-state index in [1.54, 1.807) is 24.3 Å². The summed E-state index contributed by atoms with van der Waals surface area (Å²) in [5, 5.41) is 2.88. The summed E-state index contributed by atoms with van der Waals surface area (Å²) in [6.07, 6.45) is 3.58. The van der Waals surface area contributed by atoms with Crippen molar-refractivity contribution in [2.45, 2.75) is 51.0 Å². The maximum Gasteiger partial charge on any atom is 0.279 e. The average molecular weight is 369 g/mol. The quantitative estimate of drug-likeness (QED) is 0.757. The summed E-state index contributed by atoms with van der Waals surface area (Å²) in [5.41, 5.74) is 0.632. The van der Waals surface area contributed by atoms with Crippen LogP contribution >= 0.6 is 0 Å². The zero-order chi connectivity index (χ0) is 18.4. The molecule has 140 valence electrons. The molecular formula is C18H30N3O3S+. The molecule has 1 amide bonds. The highest BCUT2D eigenvalue weighted by atomic mass is 32.2. The SMILES string of the molecule is CCN(CC)S(=O)(=O)c1ccc(NC(=O)C[NH+]2CCCC[C@H]2C)cc1. The van der Waals surface area contributed by atoms with E-state index in [0.29, 0.717) is 31.4 Å². The monoisotopic (exact) mass is 368 g/mol. The lowest BCUT2D eigenvalue weighted by molar-refractivity contribution is -0.920. The summed E-state index contributed by atoms with van der Waals surface area (Å²) in [6, 6.07) is 6.94. The van der Waals surface area contributed by atoms with Crippen molar-refractivity contribution >= 4 is 21.6 Å². The summed E-state index contributed by atoms with van der Waals surface area (Å²) >= 11 is 0. The zero-order valence-electron chi connectivity index (χ0n) is 15.4. The van der Waals surface area contributed by atoms with Gasteiger partial charge in [-0.2, -0.15) is 4.31 Å². The molecule has 0 bridgehead atoms. The van der Waals surface area contributed by atoms with Gasteiger partial charge >= 0.3 is 0 Å². The number of carbonyl (C=O) groups is 1. The standard InChI is InChI=1S/C18H29N3O3S/c1-4-21(5-2)25(23,24)17-11-9-16(10-12-17)19-18(22)14-20-13-7-6-8-15(20)3/h9-12,15H,4-8,13-14H2,1-3H3,(H,19,22)/p+1/t15-/m1/s1. The number of nitrogens with zero attached hydrogens (tertiary/aromatic N) is 1. The third-order valence-electron chi connectivity index (χ3n) is 4.95. The van der Waals surface area contributed by atoms with Gasteiger partial charge in [0.15, 0.2) is 6.54 Å². The predicted molar refractivity (Wildman–Crippen MR) is 99.2 cm³/mol. The van der Waals surface area contributed by atoms with Crippen molar-refractivity contribution in [1.29, 1.82) is 0 Å². The third-order valence-corrected chi connectivity index (χ3v) is 7.01. The molecule has 1 fully saturated rings. The molecule has 2 rings (SSSR count). The van der Waals surface area contributed by atoms with E-state index in [0.717, 1.165) is 6.54 Å². The molecule has 0 spiro atoms. The first kappa shape index (κ1) is 19.9. The lowest BCUT2D eigenvalue weighted by atomic mass is 10.0. The highest BCUT2D eigenvalue weighted by Gasteiger charge is 2.24. The molecule has 25 heavy (non-hydrogen) atoms. The fraction of sp³-hybridized carbons (Fsp3) is 0.611. The summed E-state index contributed by atoms with van der Waals surface area (Å²) in [5.74, 6) is -0.0249. The van der Waals surface area contributed by atoms with Gasteiger partial charge in [-0.3, -0.25) is 4.79 Å². The predicted octanol–water partition coefficient (Wildman–Crippen LogP) is 1.11. The minimum Gasteiger partial charge on any atom is -0.325 e. The van der Waals surface area contributed by atoms with Gasteiger partial charge in [-0.1, -0.05) is 13.8 Å². The third kappa shape index (κ3) is 5.03. The highest BCUT2D eigenvalue weighted by molar-refractivity contribution is 7.89. The van der Waals surface area contributed by atoms with Crippen LogP contribution in [0.25, 0.3) is 0 Å². The number of carbonyl (C=O) groups excluding carboxylic acids is 1. The fourth-order valence-corrected chi connectivity index (χ4v) is 4.81. The summed E-state index contributed by atoms with van der Waals surface area (Å²) in [6.45, 7) is 8.20. The number of piperidine rings is 1. The van der Waals surface area contributed by atoms with Gasteiger partial charge in [0, 0.05) is 18.8 Å². The topological polar surface area (TPSA) is 70.9 Å². The van der Waals surface area contributed by atoms with Crippen molar-refractivity contribution in [1.82, 2.24) is 4.31 Å². The second kappa shape index (κ2) is 8.78. The number of quaternary nitrogens is 1. The molecule has 1 unspecified atom stereocenters. The van der Waals surface area contributed by atoms with E-state index in [2.05, 4.69) is 12.2 Å². The first-order valence-corrected chi connectivity index (χ1v) is 10.6. The van der Waals surface area contributed by atoms with E-state index < -0.39 is 10.0 Å². The van der Waals surface area contributed by atoms with Gasteiger partial charge in [0.25, 0.3) is 5.91 Å². The fourth-order valence-electron chi connectivity index (χ4n) is 3.35. The van der Waals surface area contributed by atoms with E-state index in [4.69, 9.17) is 0 Å². The number of likely N-dealkylation sites (tertiary alicyclic amines) is 1. The lowest BCUT2D eigenvalue weighted by Crippen LogP contribution is -3.17. The van der Waals surface area contributed by atoms with Crippen LogP contribution in [0.5, 0.6) is 0 Å². The minimum atomic E-state index is -3.46. The Bertz CT molecular complexity index is 669. The Morgan fingerprint density at radius 3 is 2.40 bits per heavy atom.